The summed E-state index contributed by atoms with van der Waals surface area (Å²) in [4.78, 5) is 22.1. The van der Waals surface area contributed by atoms with Gasteiger partial charge in [0.1, 0.15) is 12.2 Å². The van der Waals surface area contributed by atoms with Gasteiger partial charge in [-0.1, -0.05) is 30.3 Å². The Labute approximate surface area is 157 Å². The zero-order chi connectivity index (χ0) is 18.6. The Morgan fingerprint density at radius 1 is 1.22 bits per heavy atom. The van der Waals surface area contributed by atoms with Gasteiger partial charge in [-0.3, -0.25) is 4.79 Å². The molecule has 0 spiro atoms. The van der Waals surface area contributed by atoms with E-state index >= 15 is 0 Å². The minimum absolute atomic E-state index is 0.161. The summed E-state index contributed by atoms with van der Waals surface area (Å²) in [6, 6.07) is 8.86. The van der Waals surface area contributed by atoms with Crippen molar-refractivity contribution in [3.05, 3.63) is 65.0 Å². The Bertz CT molecular complexity index is 925. The molecule has 0 aliphatic heterocycles. The molecule has 3 aromatic rings. The number of carbonyl (C=O) groups is 1. The number of hydrogen-bond donors (Lipinski definition) is 1. The summed E-state index contributed by atoms with van der Waals surface area (Å²) in [6.07, 6.45) is 5.28. The summed E-state index contributed by atoms with van der Waals surface area (Å²) in [7, 11) is 0. The molecule has 1 atom stereocenters. The molecule has 1 N–H and O–H groups in total. The lowest BCUT2D eigenvalue weighted by Gasteiger charge is -2.16. The number of fused-ring (bicyclic) bond motifs is 1. The van der Waals surface area contributed by atoms with Crippen LogP contribution in [0.4, 0.5) is 0 Å². The van der Waals surface area contributed by atoms with Crippen LogP contribution < -0.4 is 5.32 Å². The van der Waals surface area contributed by atoms with Gasteiger partial charge in [-0.15, -0.1) is 5.10 Å². The molecule has 1 aliphatic rings. The lowest BCUT2D eigenvalue weighted by atomic mass is 10.1. The van der Waals surface area contributed by atoms with E-state index in [1.165, 1.54) is 22.3 Å². The maximum atomic E-state index is 12.8. The average molecular weight is 363 g/mol. The average Bonchev–Trinajstić information content (AvgIpc) is 3.35. The Morgan fingerprint density at radius 3 is 2.85 bits per heavy atom. The van der Waals surface area contributed by atoms with Crippen LogP contribution in [0.3, 0.4) is 0 Å². The van der Waals surface area contributed by atoms with Crippen LogP contribution in [-0.2, 0) is 24.1 Å². The van der Waals surface area contributed by atoms with Gasteiger partial charge in [0.2, 0.25) is 5.91 Å². The summed E-state index contributed by atoms with van der Waals surface area (Å²) in [5, 5.41) is 14.2. The fourth-order valence-electron chi connectivity index (χ4n) is 3.53. The van der Waals surface area contributed by atoms with Crippen molar-refractivity contribution in [2.75, 3.05) is 6.54 Å². The zero-order valence-corrected chi connectivity index (χ0v) is 15.2. The summed E-state index contributed by atoms with van der Waals surface area (Å²) in [5.74, 6) is 0.624. The molecule has 0 bridgehead atoms. The van der Waals surface area contributed by atoms with Gasteiger partial charge in [0, 0.05) is 24.4 Å². The van der Waals surface area contributed by atoms with E-state index in [0.29, 0.717) is 13.0 Å². The van der Waals surface area contributed by atoms with Crippen LogP contribution in [0, 0.1) is 6.92 Å². The highest BCUT2D eigenvalue weighted by molar-refractivity contribution is 5.83. The summed E-state index contributed by atoms with van der Waals surface area (Å²) >= 11 is 0. The van der Waals surface area contributed by atoms with Crippen molar-refractivity contribution in [3.63, 3.8) is 0 Å². The molecule has 138 valence electrons. The van der Waals surface area contributed by atoms with Crippen LogP contribution in [0.15, 0.2) is 36.7 Å². The fourth-order valence-corrected chi connectivity index (χ4v) is 3.53. The summed E-state index contributed by atoms with van der Waals surface area (Å²) < 4.78 is 1.46. The molecule has 4 rings (SSSR count). The second-order valence-electron chi connectivity index (χ2n) is 6.65. The third-order valence-electron chi connectivity index (χ3n) is 4.83. The van der Waals surface area contributed by atoms with Gasteiger partial charge in [-0.05, 0) is 47.7 Å². The highest BCUT2D eigenvalue weighted by atomic mass is 16.2. The first kappa shape index (κ1) is 17.3. The highest BCUT2D eigenvalue weighted by Gasteiger charge is 2.23. The van der Waals surface area contributed by atoms with E-state index in [4.69, 9.17) is 0 Å². The maximum Gasteiger partial charge on any atom is 0.249 e. The standard InChI is InChI=1S/C19H21N7O/c1-13-15-8-5-9-16(15)23-17(22-13)10-11-20-19(27)18(26-12-21-24-25-26)14-6-3-2-4-7-14/h2-4,6-7,12,18H,5,8-11H2,1H3,(H,20,27). The molecule has 2 aromatic heterocycles. The van der Waals surface area contributed by atoms with Gasteiger partial charge in [-0.25, -0.2) is 14.6 Å². The molecule has 8 nitrogen and oxygen atoms in total. The first-order valence-corrected chi connectivity index (χ1v) is 9.13. The van der Waals surface area contributed by atoms with Crippen LogP contribution in [-0.4, -0.2) is 42.6 Å². The van der Waals surface area contributed by atoms with Gasteiger partial charge < -0.3 is 5.32 Å². The monoisotopic (exact) mass is 363 g/mol. The fraction of sp³-hybridized carbons (Fsp3) is 0.368. The summed E-state index contributed by atoms with van der Waals surface area (Å²) in [6.45, 7) is 2.50. The Morgan fingerprint density at radius 2 is 2.07 bits per heavy atom. The van der Waals surface area contributed by atoms with Crippen molar-refractivity contribution in [1.29, 1.82) is 0 Å². The number of tetrazole rings is 1. The maximum absolute atomic E-state index is 12.8. The predicted octanol–water partition coefficient (Wildman–Crippen LogP) is 1.21. The molecule has 1 amide bonds. The van der Waals surface area contributed by atoms with Crippen LogP contribution in [0.1, 0.15) is 40.8 Å². The van der Waals surface area contributed by atoms with Gasteiger partial charge in [0.05, 0.1) is 0 Å². The SMILES string of the molecule is Cc1nc(CCNC(=O)C(c2ccccc2)n2cnnn2)nc2c1CCC2. The second kappa shape index (κ2) is 7.61. The van der Waals surface area contributed by atoms with Crippen LogP contribution in [0.5, 0.6) is 0 Å². The number of rotatable bonds is 6. The van der Waals surface area contributed by atoms with Gasteiger partial charge >= 0.3 is 0 Å². The highest BCUT2D eigenvalue weighted by Crippen LogP contribution is 2.22. The Balaban J connectivity index is 1.44. The molecule has 1 aliphatic carbocycles. The molecule has 27 heavy (non-hydrogen) atoms. The molecular weight excluding hydrogens is 342 g/mol. The number of aryl methyl sites for hydroxylation is 2. The normalized spacial score (nSPS) is 14.0. The minimum atomic E-state index is -0.608. The van der Waals surface area contributed by atoms with Gasteiger partial charge in [0.25, 0.3) is 0 Å². The van der Waals surface area contributed by atoms with E-state index in [1.54, 1.807) is 0 Å². The van der Waals surface area contributed by atoms with E-state index < -0.39 is 6.04 Å². The molecular formula is C19H21N7O. The smallest absolute Gasteiger partial charge is 0.249 e. The van der Waals surface area contributed by atoms with Crippen molar-refractivity contribution in [2.45, 2.75) is 38.6 Å². The number of nitrogens with zero attached hydrogens (tertiary/aromatic N) is 6. The van der Waals surface area contributed by atoms with Crippen molar-refractivity contribution in [3.8, 4) is 0 Å². The van der Waals surface area contributed by atoms with Gasteiger partial charge in [0.15, 0.2) is 6.04 Å². The molecule has 2 heterocycles. The molecule has 0 saturated heterocycles. The van der Waals surface area contributed by atoms with E-state index in [9.17, 15) is 4.79 Å². The zero-order valence-electron chi connectivity index (χ0n) is 15.2. The topological polar surface area (TPSA) is 98.5 Å². The number of aromatic nitrogens is 6. The molecule has 0 fully saturated rings. The van der Waals surface area contributed by atoms with E-state index in [1.807, 2.05) is 37.3 Å². The van der Waals surface area contributed by atoms with Crippen molar-refractivity contribution in [1.82, 2.24) is 35.5 Å². The first-order chi connectivity index (χ1) is 13.2. The van der Waals surface area contributed by atoms with Crippen molar-refractivity contribution >= 4 is 5.91 Å². The minimum Gasteiger partial charge on any atom is -0.353 e. The molecule has 0 saturated carbocycles. The van der Waals surface area contributed by atoms with E-state index in [2.05, 4.69) is 30.8 Å². The molecule has 1 aromatic carbocycles. The Hall–Kier alpha value is -3.16. The third kappa shape index (κ3) is 3.69. The quantitative estimate of drug-likeness (QED) is 0.707. The molecule has 1 unspecified atom stereocenters. The summed E-state index contributed by atoms with van der Waals surface area (Å²) in [5.41, 5.74) is 4.35. The number of amides is 1. The number of hydrogen-bond acceptors (Lipinski definition) is 6. The Kier molecular flexibility index (Phi) is 4.86. The van der Waals surface area contributed by atoms with Crippen molar-refractivity contribution < 1.29 is 4.79 Å². The van der Waals surface area contributed by atoms with Crippen LogP contribution in [0.2, 0.25) is 0 Å². The van der Waals surface area contributed by atoms with E-state index in [0.717, 1.165) is 36.3 Å². The second-order valence-corrected chi connectivity index (χ2v) is 6.65. The van der Waals surface area contributed by atoms with Crippen molar-refractivity contribution in [2.24, 2.45) is 0 Å². The lowest BCUT2D eigenvalue weighted by molar-refractivity contribution is -0.123. The number of nitrogens with one attached hydrogen (secondary N) is 1. The molecule has 0 radical (unpaired) electrons. The lowest BCUT2D eigenvalue weighted by Crippen LogP contribution is -2.35. The third-order valence-corrected chi connectivity index (χ3v) is 4.83. The first-order valence-electron chi connectivity index (χ1n) is 9.13. The van der Waals surface area contributed by atoms with Crippen LogP contribution in [0.25, 0.3) is 0 Å². The largest absolute Gasteiger partial charge is 0.353 e. The number of benzene rings is 1. The van der Waals surface area contributed by atoms with Crippen LogP contribution >= 0.6 is 0 Å². The van der Waals surface area contributed by atoms with Gasteiger partial charge in [-0.2, -0.15) is 0 Å². The van der Waals surface area contributed by atoms with E-state index in [-0.39, 0.29) is 5.91 Å². The predicted molar refractivity (Wildman–Crippen MR) is 97.9 cm³/mol. The molecule has 8 heteroatoms. The number of carbonyl (C=O) groups excluding carboxylic acids is 1.